The highest BCUT2D eigenvalue weighted by atomic mass is 35.5. The van der Waals surface area contributed by atoms with E-state index in [2.05, 4.69) is 10.6 Å². The first-order valence-electron chi connectivity index (χ1n) is 5.58. The Balaban J connectivity index is 2.35. The van der Waals surface area contributed by atoms with E-state index < -0.39 is 6.04 Å². The quantitative estimate of drug-likeness (QED) is 0.682. The Morgan fingerprint density at radius 3 is 2.50 bits per heavy atom. The maximum absolute atomic E-state index is 11.7. The Bertz CT molecular complexity index is 435. The lowest BCUT2D eigenvalue weighted by atomic mass is 10.2. The van der Waals surface area contributed by atoms with E-state index in [4.69, 9.17) is 17.3 Å². The van der Waals surface area contributed by atoms with Crippen LogP contribution in [0, 0.1) is 0 Å². The van der Waals surface area contributed by atoms with Crippen molar-refractivity contribution in [1.29, 1.82) is 0 Å². The van der Waals surface area contributed by atoms with Crippen molar-refractivity contribution in [1.82, 2.24) is 10.6 Å². The van der Waals surface area contributed by atoms with Crippen LogP contribution in [-0.4, -0.2) is 30.9 Å². The van der Waals surface area contributed by atoms with Crippen LogP contribution in [-0.2, 0) is 4.79 Å². The molecule has 0 aliphatic heterocycles. The molecule has 0 heterocycles. The van der Waals surface area contributed by atoms with Gasteiger partial charge in [-0.05, 0) is 19.1 Å². The Hall–Kier alpha value is -1.59. The summed E-state index contributed by atoms with van der Waals surface area (Å²) in [5.74, 6) is -0.516. The summed E-state index contributed by atoms with van der Waals surface area (Å²) in [7, 11) is 0. The van der Waals surface area contributed by atoms with E-state index in [0.717, 1.165) is 0 Å². The molecular formula is C12H16ClN3O2. The third-order valence-corrected chi connectivity index (χ3v) is 2.57. The van der Waals surface area contributed by atoms with E-state index in [1.165, 1.54) is 0 Å². The molecule has 0 spiro atoms. The molecule has 0 saturated heterocycles. The molecular weight excluding hydrogens is 254 g/mol. The summed E-state index contributed by atoms with van der Waals surface area (Å²) in [5.41, 5.74) is 5.79. The van der Waals surface area contributed by atoms with Crippen molar-refractivity contribution in [3.05, 3.63) is 34.9 Å². The number of carbonyl (C=O) groups is 2. The van der Waals surface area contributed by atoms with Gasteiger partial charge in [-0.2, -0.15) is 0 Å². The van der Waals surface area contributed by atoms with Crippen LogP contribution >= 0.6 is 11.6 Å². The predicted molar refractivity (Wildman–Crippen MR) is 70.4 cm³/mol. The summed E-state index contributed by atoms with van der Waals surface area (Å²) < 4.78 is 0. The third-order valence-electron chi connectivity index (χ3n) is 2.24. The summed E-state index contributed by atoms with van der Waals surface area (Å²) in [6.07, 6.45) is 0. The highest BCUT2D eigenvalue weighted by Gasteiger charge is 2.09. The SMILES string of the molecule is C[C@@H](N)C(=O)NCCNC(=O)c1ccccc1Cl. The molecule has 0 aliphatic carbocycles. The van der Waals surface area contributed by atoms with Gasteiger partial charge in [0, 0.05) is 13.1 Å². The normalized spacial score (nSPS) is 11.7. The fourth-order valence-corrected chi connectivity index (χ4v) is 1.48. The van der Waals surface area contributed by atoms with Crippen LogP contribution in [0.2, 0.25) is 5.02 Å². The maximum atomic E-state index is 11.7. The predicted octanol–water partition coefficient (Wildman–Crippen LogP) is 0.533. The Morgan fingerprint density at radius 1 is 1.28 bits per heavy atom. The smallest absolute Gasteiger partial charge is 0.252 e. The van der Waals surface area contributed by atoms with E-state index in [-0.39, 0.29) is 11.8 Å². The summed E-state index contributed by atoms with van der Waals surface area (Å²) in [6, 6.07) is 6.22. The highest BCUT2D eigenvalue weighted by Crippen LogP contribution is 2.14. The van der Waals surface area contributed by atoms with Crippen molar-refractivity contribution >= 4 is 23.4 Å². The minimum absolute atomic E-state index is 0.248. The van der Waals surface area contributed by atoms with Crippen LogP contribution in [0.25, 0.3) is 0 Å². The molecule has 1 atom stereocenters. The molecule has 0 bridgehead atoms. The zero-order valence-corrected chi connectivity index (χ0v) is 10.8. The van der Waals surface area contributed by atoms with E-state index in [0.29, 0.717) is 23.7 Å². The molecule has 0 radical (unpaired) electrons. The lowest BCUT2D eigenvalue weighted by Crippen LogP contribution is -2.42. The fraction of sp³-hybridized carbons (Fsp3) is 0.333. The van der Waals surface area contributed by atoms with Crippen LogP contribution in [0.5, 0.6) is 0 Å². The summed E-state index contributed by atoms with van der Waals surface area (Å²) in [4.78, 5) is 22.9. The molecule has 2 amide bonds. The number of rotatable bonds is 5. The minimum Gasteiger partial charge on any atom is -0.353 e. The number of halogens is 1. The monoisotopic (exact) mass is 269 g/mol. The van der Waals surface area contributed by atoms with E-state index in [9.17, 15) is 9.59 Å². The van der Waals surface area contributed by atoms with Crippen LogP contribution < -0.4 is 16.4 Å². The zero-order valence-electron chi connectivity index (χ0n) is 10.1. The van der Waals surface area contributed by atoms with Gasteiger partial charge < -0.3 is 16.4 Å². The summed E-state index contributed by atoms with van der Waals surface area (Å²) >= 11 is 5.88. The average Bonchev–Trinajstić information content (AvgIpc) is 2.34. The van der Waals surface area contributed by atoms with Crippen molar-refractivity contribution in [3.63, 3.8) is 0 Å². The number of nitrogens with two attached hydrogens (primary N) is 1. The maximum Gasteiger partial charge on any atom is 0.252 e. The first kappa shape index (κ1) is 14.5. The molecule has 98 valence electrons. The molecule has 1 aromatic carbocycles. The van der Waals surface area contributed by atoms with Crippen molar-refractivity contribution in [2.45, 2.75) is 13.0 Å². The number of carbonyl (C=O) groups excluding carboxylic acids is 2. The molecule has 18 heavy (non-hydrogen) atoms. The van der Waals surface area contributed by atoms with Crippen LogP contribution in [0.4, 0.5) is 0 Å². The lowest BCUT2D eigenvalue weighted by Gasteiger charge is -2.09. The van der Waals surface area contributed by atoms with Crippen molar-refractivity contribution in [2.75, 3.05) is 13.1 Å². The minimum atomic E-state index is -0.552. The first-order chi connectivity index (χ1) is 8.52. The third kappa shape index (κ3) is 4.35. The van der Waals surface area contributed by atoms with Crippen molar-refractivity contribution in [3.8, 4) is 0 Å². The fourth-order valence-electron chi connectivity index (χ4n) is 1.26. The average molecular weight is 270 g/mol. The topological polar surface area (TPSA) is 84.2 Å². The lowest BCUT2D eigenvalue weighted by molar-refractivity contribution is -0.121. The van der Waals surface area contributed by atoms with Gasteiger partial charge in [0.15, 0.2) is 0 Å². The Kier molecular flexibility index (Phi) is 5.61. The van der Waals surface area contributed by atoms with Crippen molar-refractivity contribution < 1.29 is 9.59 Å². The van der Waals surface area contributed by atoms with Gasteiger partial charge in [-0.25, -0.2) is 0 Å². The van der Waals surface area contributed by atoms with E-state index in [1.807, 2.05) is 0 Å². The zero-order chi connectivity index (χ0) is 13.5. The summed E-state index contributed by atoms with van der Waals surface area (Å²) in [6.45, 7) is 2.25. The standard InChI is InChI=1S/C12H16ClN3O2/c1-8(14)11(17)15-6-7-16-12(18)9-4-2-3-5-10(9)13/h2-5,8H,6-7,14H2,1H3,(H,15,17)(H,16,18)/t8-/m1/s1. The molecule has 6 heteroatoms. The van der Waals surface area contributed by atoms with Gasteiger partial charge in [0.1, 0.15) is 0 Å². The first-order valence-corrected chi connectivity index (χ1v) is 5.96. The van der Waals surface area contributed by atoms with Gasteiger partial charge in [-0.3, -0.25) is 9.59 Å². The Labute approximate surface area is 111 Å². The van der Waals surface area contributed by atoms with Gasteiger partial charge in [0.05, 0.1) is 16.6 Å². The molecule has 0 fully saturated rings. The van der Waals surface area contributed by atoms with Crippen LogP contribution in [0.15, 0.2) is 24.3 Å². The van der Waals surface area contributed by atoms with Gasteiger partial charge in [0.25, 0.3) is 5.91 Å². The molecule has 0 aliphatic rings. The number of nitrogens with one attached hydrogen (secondary N) is 2. The largest absolute Gasteiger partial charge is 0.353 e. The van der Waals surface area contributed by atoms with Gasteiger partial charge in [-0.1, -0.05) is 23.7 Å². The van der Waals surface area contributed by atoms with Crippen molar-refractivity contribution in [2.24, 2.45) is 5.73 Å². The van der Waals surface area contributed by atoms with Crippen LogP contribution in [0.3, 0.4) is 0 Å². The van der Waals surface area contributed by atoms with E-state index >= 15 is 0 Å². The number of hydrogen-bond acceptors (Lipinski definition) is 3. The highest BCUT2D eigenvalue weighted by molar-refractivity contribution is 6.33. The molecule has 0 saturated carbocycles. The number of benzene rings is 1. The Morgan fingerprint density at radius 2 is 1.89 bits per heavy atom. The molecule has 1 aromatic rings. The van der Waals surface area contributed by atoms with Gasteiger partial charge >= 0.3 is 0 Å². The molecule has 1 rings (SSSR count). The van der Waals surface area contributed by atoms with E-state index in [1.54, 1.807) is 31.2 Å². The molecule has 0 aromatic heterocycles. The van der Waals surface area contributed by atoms with Gasteiger partial charge in [-0.15, -0.1) is 0 Å². The molecule has 5 nitrogen and oxygen atoms in total. The number of amides is 2. The second-order valence-electron chi connectivity index (χ2n) is 3.82. The molecule has 0 unspecified atom stereocenters. The summed E-state index contributed by atoms with van der Waals surface area (Å²) in [5, 5.41) is 5.64. The van der Waals surface area contributed by atoms with Crippen LogP contribution in [0.1, 0.15) is 17.3 Å². The second kappa shape index (κ2) is 6.98. The van der Waals surface area contributed by atoms with Gasteiger partial charge in [0.2, 0.25) is 5.91 Å². The number of hydrogen-bond donors (Lipinski definition) is 3. The second-order valence-corrected chi connectivity index (χ2v) is 4.22. The molecule has 4 N–H and O–H groups in total.